The summed E-state index contributed by atoms with van der Waals surface area (Å²) in [5.74, 6) is -0.721. The number of carboxylic acid groups (broad SMARTS) is 1. The van der Waals surface area contributed by atoms with Crippen LogP contribution < -0.4 is 0 Å². The van der Waals surface area contributed by atoms with Gasteiger partial charge in [-0.3, -0.25) is 14.8 Å². The number of hydrogen-bond acceptors (Lipinski definition) is 4. The first-order valence-electron chi connectivity index (χ1n) is 8.95. The molecule has 0 bridgehead atoms. The second-order valence-electron chi connectivity index (χ2n) is 6.78. The molecule has 4 rings (SSSR count). The molecule has 6 heteroatoms. The molecule has 1 fully saturated rings. The maximum Gasteiger partial charge on any atom is 0.335 e. The number of aromatic carboxylic acids is 1. The third kappa shape index (κ3) is 3.51. The van der Waals surface area contributed by atoms with Crippen LogP contribution in [0.3, 0.4) is 0 Å². The van der Waals surface area contributed by atoms with Crippen LogP contribution in [0.5, 0.6) is 0 Å². The second-order valence-corrected chi connectivity index (χ2v) is 6.78. The summed E-state index contributed by atoms with van der Waals surface area (Å²) in [5, 5.41) is 9.04. The van der Waals surface area contributed by atoms with E-state index in [-0.39, 0.29) is 17.4 Å². The van der Waals surface area contributed by atoms with E-state index in [9.17, 15) is 9.59 Å². The summed E-state index contributed by atoms with van der Waals surface area (Å²) in [6.45, 7) is 1.35. The maximum atomic E-state index is 13.0. The molecule has 1 atom stereocenters. The molecule has 136 valence electrons. The molecule has 1 saturated heterocycles. The molecule has 1 N–H and O–H groups in total. The van der Waals surface area contributed by atoms with Gasteiger partial charge >= 0.3 is 5.97 Å². The van der Waals surface area contributed by atoms with Crippen molar-refractivity contribution >= 4 is 22.9 Å². The number of fused-ring (bicyclic) bond motifs is 1. The van der Waals surface area contributed by atoms with E-state index in [1.54, 1.807) is 36.7 Å². The van der Waals surface area contributed by atoms with E-state index in [4.69, 9.17) is 5.11 Å². The fraction of sp³-hybridized carbons (Fsp3) is 0.238. The SMILES string of the molecule is O=C(O)c1ccc(C2CCCN(C(=O)c3ccc4nccnc4c3)C2)cc1. The van der Waals surface area contributed by atoms with Gasteiger partial charge in [0.25, 0.3) is 5.91 Å². The van der Waals surface area contributed by atoms with Crippen LogP contribution in [0.1, 0.15) is 45.0 Å². The van der Waals surface area contributed by atoms with Crippen molar-refractivity contribution in [3.63, 3.8) is 0 Å². The van der Waals surface area contributed by atoms with Gasteiger partial charge in [-0.05, 0) is 48.7 Å². The van der Waals surface area contributed by atoms with E-state index < -0.39 is 5.97 Å². The number of carbonyl (C=O) groups is 2. The highest BCUT2D eigenvalue weighted by atomic mass is 16.4. The molecule has 1 aromatic heterocycles. The zero-order valence-corrected chi connectivity index (χ0v) is 14.7. The molecule has 1 amide bonds. The van der Waals surface area contributed by atoms with Crippen LogP contribution in [-0.4, -0.2) is 44.9 Å². The molecular formula is C21H19N3O3. The predicted octanol–water partition coefficient (Wildman–Crippen LogP) is 3.35. The smallest absolute Gasteiger partial charge is 0.335 e. The number of amides is 1. The molecule has 0 aliphatic carbocycles. The quantitative estimate of drug-likeness (QED) is 0.773. The molecule has 2 heterocycles. The molecule has 0 radical (unpaired) electrons. The third-order valence-corrected chi connectivity index (χ3v) is 5.05. The average molecular weight is 361 g/mol. The number of hydrogen-bond donors (Lipinski definition) is 1. The van der Waals surface area contributed by atoms with Crippen molar-refractivity contribution in [2.24, 2.45) is 0 Å². The fourth-order valence-corrected chi connectivity index (χ4v) is 3.61. The first kappa shape index (κ1) is 17.1. The second kappa shape index (κ2) is 7.15. The molecule has 1 unspecified atom stereocenters. The van der Waals surface area contributed by atoms with Crippen molar-refractivity contribution in [1.82, 2.24) is 14.9 Å². The first-order valence-corrected chi connectivity index (χ1v) is 8.95. The van der Waals surface area contributed by atoms with Crippen LogP contribution >= 0.6 is 0 Å². The fourth-order valence-electron chi connectivity index (χ4n) is 3.61. The standard InChI is InChI=1S/C21H19N3O3/c25-20(16-7-8-18-19(12-16)23-10-9-22-18)24-11-1-2-17(13-24)14-3-5-15(6-4-14)21(26)27/h3-10,12,17H,1-2,11,13H2,(H,26,27). The molecule has 0 saturated carbocycles. The highest BCUT2D eigenvalue weighted by Gasteiger charge is 2.25. The van der Waals surface area contributed by atoms with Gasteiger partial charge in [-0.2, -0.15) is 0 Å². The van der Waals surface area contributed by atoms with Gasteiger partial charge in [0.05, 0.1) is 16.6 Å². The highest BCUT2D eigenvalue weighted by Crippen LogP contribution is 2.28. The van der Waals surface area contributed by atoms with Crippen molar-refractivity contribution in [2.75, 3.05) is 13.1 Å². The van der Waals surface area contributed by atoms with E-state index in [2.05, 4.69) is 9.97 Å². The Hall–Kier alpha value is -3.28. The van der Waals surface area contributed by atoms with Gasteiger partial charge in [-0.1, -0.05) is 12.1 Å². The zero-order chi connectivity index (χ0) is 18.8. The summed E-state index contributed by atoms with van der Waals surface area (Å²) >= 11 is 0. The Labute approximate surface area is 156 Å². The average Bonchev–Trinajstić information content (AvgIpc) is 2.73. The maximum absolute atomic E-state index is 13.0. The summed E-state index contributed by atoms with van der Waals surface area (Å²) < 4.78 is 0. The largest absolute Gasteiger partial charge is 0.478 e. The lowest BCUT2D eigenvalue weighted by Gasteiger charge is -2.33. The Morgan fingerprint density at radius 2 is 1.67 bits per heavy atom. The summed E-state index contributed by atoms with van der Waals surface area (Å²) in [6, 6.07) is 12.4. The Balaban J connectivity index is 1.52. The van der Waals surface area contributed by atoms with Gasteiger partial charge in [0, 0.05) is 37.0 Å². The summed E-state index contributed by atoms with van der Waals surface area (Å²) in [4.78, 5) is 34.4. The lowest BCUT2D eigenvalue weighted by molar-refractivity contribution is 0.0693. The zero-order valence-electron chi connectivity index (χ0n) is 14.7. The highest BCUT2D eigenvalue weighted by molar-refractivity contribution is 5.97. The number of nitrogens with zero attached hydrogens (tertiary/aromatic N) is 3. The van der Waals surface area contributed by atoms with Crippen LogP contribution in [0.25, 0.3) is 11.0 Å². The molecule has 2 aromatic carbocycles. The summed E-state index contributed by atoms with van der Waals surface area (Å²) in [7, 11) is 0. The first-order chi connectivity index (χ1) is 13.1. The molecule has 3 aromatic rings. The minimum Gasteiger partial charge on any atom is -0.478 e. The molecule has 0 spiro atoms. The number of aromatic nitrogens is 2. The van der Waals surface area contributed by atoms with Crippen molar-refractivity contribution in [1.29, 1.82) is 0 Å². The van der Waals surface area contributed by atoms with Gasteiger partial charge in [0.15, 0.2) is 0 Å². The molecule has 1 aliphatic heterocycles. The van der Waals surface area contributed by atoms with Crippen LogP contribution in [0.15, 0.2) is 54.9 Å². The van der Waals surface area contributed by atoms with Gasteiger partial charge in [0.2, 0.25) is 0 Å². The minimum atomic E-state index is -0.929. The van der Waals surface area contributed by atoms with E-state index in [0.717, 1.165) is 30.5 Å². The third-order valence-electron chi connectivity index (χ3n) is 5.05. The van der Waals surface area contributed by atoms with Crippen LogP contribution in [0.2, 0.25) is 0 Å². The summed E-state index contributed by atoms with van der Waals surface area (Å²) in [6.07, 6.45) is 5.16. The van der Waals surface area contributed by atoms with Gasteiger partial charge in [-0.15, -0.1) is 0 Å². The van der Waals surface area contributed by atoms with Gasteiger partial charge in [-0.25, -0.2) is 4.79 Å². The molecule has 1 aliphatic rings. The predicted molar refractivity (Wildman–Crippen MR) is 101 cm³/mol. The van der Waals surface area contributed by atoms with Crippen LogP contribution in [0, 0.1) is 0 Å². The number of piperidine rings is 1. The Bertz CT molecular complexity index is 1000. The monoisotopic (exact) mass is 361 g/mol. The summed E-state index contributed by atoms with van der Waals surface area (Å²) in [5.41, 5.74) is 3.44. The van der Waals surface area contributed by atoms with Gasteiger partial charge < -0.3 is 10.0 Å². The van der Waals surface area contributed by atoms with E-state index >= 15 is 0 Å². The van der Waals surface area contributed by atoms with Crippen molar-refractivity contribution in [3.8, 4) is 0 Å². The topological polar surface area (TPSA) is 83.4 Å². The van der Waals surface area contributed by atoms with Crippen molar-refractivity contribution in [2.45, 2.75) is 18.8 Å². The number of rotatable bonds is 3. The lowest BCUT2D eigenvalue weighted by Crippen LogP contribution is -2.39. The number of carbonyl (C=O) groups excluding carboxylic acids is 1. The van der Waals surface area contributed by atoms with E-state index in [0.29, 0.717) is 17.6 Å². The number of carboxylic acids is 1. The Morgan fingerprint density at radius 3 is 2.41 bits per heavy atom. The van der Waals surface area contributed by atoms with Crippen LogP contribution in [0.4, 0.5) is 0 Å². The molecular weight excluding hydrogens is 342 g/mol. The number of likely N-dealkylation sites (tertiary alicyclic amines) is 1. The number of benzene rings is 2. The van der Waals surface area contributed by atoms with Gasteiger partial charge in [0.1, 0.15) is 0 Å². The van der Waals surface area contributed by atoms with E-state index in [1.165, 1.54) is 0 Å². The van der Waals surface area contributed by atoms with Crippen LogP contribution in [-0.2, 0) is 0 Å². The van der Waals surface area contributed by atoms with E-state index in [1.807, 2.05) is 23.1 Å². The Morgan fingerprint density at radius 1 is 0.963 bits per heavy atom. The molecule has 27 heavy (non-hydrogen) atoms. The molecule has 6 nitrogen and oxygen atoms in total. The Kier molecular flexibility index (Phi) is 4.54. The van der Waals surface area contributed by atoms with Crippen molar-refractivity contribution < 1.29 is 14.7 Å². The lowest BCUT2D eigenvalue weighted by atomic mass is 9.90. The normalized spacial score (nSPS) is 17.0. The minimum absolute atomic E-state index is 0.00518. The van der Waals surface area contributed by atoms with Crippen molar-refractivity contribution in [3.05, 3.63) is 71.5 Å².